The first kappa shape index (κ1) is 12.0. The predicted molar refractivity (Wildman–Crippen MR) is 72.5 cm³/mol. The number of hydrogen-bond acceptors (Lipinski definition) is 4. The molecule has 1 amide bonds. The molecule has 3 heterocycles. The highest BCUT2D eigenvalue weighted by Crippen LogP contribution is 2.48. The minimum absolute atomic E-state index is 0.163. The van der Waals surface area contributed by atoms with Gasteiger partial charge in [-0.1, -0.05) is 0 Å². The van der Waals surface area contributed by atoms with E-state index in [2.05, 4.69) is 22.7 Å². The van der Waals surface area contributed by atoms with Gasteiger partial charge in [-0.05, 0) is 43.9 Å². The van der Waals surface area contributed by atoms with Crippen LogP contribution in [0.25, 0.3) is 0 Å². The second-order valence-corrected chi connectivity index (χ2v) is 6.05. The Kier molecular flexibility index (Phi) is 2.83. The van der Waals surface area contributed by atoms with Gasteiger partial charge >= 0.3 is 6.09 Å². The third-order valence-electron chi connectivity index (χ3n) is 4.30. The van der Waals surface area contributed by atoms with E-state index in [-0.39, 0.29) is 11.5 Å². The van der Waals surface area contributed by atoms with E-state index in [0.717, 1.165) is 38.2 Å². The molecule has 2 aliphatic rings. The SMILES string of the molecule is COC(=O)N1CC2(CCN(C)CC2)c2cscc21. The fourth-order valence-corrected chi connectivity index (χ4v) is 4.07. The number of amides is 1. The van der Waals surface area contributed by atoms with Crippen LogP contribution in [0.4, 0.5) is 10.5 Å². The van der Waals surface area contributed by atoms with Crippen LogP contribution in [-0.4, -0.2) is 44.8 Å². The number of likely N-dealkylation sites (tertiary alicyclic amines) is 1. The summed E-state index contributed by atoms with van der Waals surface area (Å²) in [5.41, 5.74) is 2.58. The van der Waals surface area contributed by atoms with Crippen LogP contribution in [0.3, 0.4) is 0 Å². The molecule has 1 fully saturated rings. The predicted octanol–water partition coefficient (Wildman–Crippen LogP) is 2.30. The monoisotopic (exact) mass is 266 g/mol. The zero-order chi connectivity index (χ0) is 12.8. The Morgan fingerprint density at radius 2 is 2.11 bits per heavy atom. The van der Waals surface area contributed by atoms with Crippen molar-refractivity contribution in [2.45, 2.75) is 18.3 Å². The van der Waals surface area contributed by atoms with E-state index in [1.165, 1.54) is 12.7 Å². The smallest absolute Gasteiger partial charge is 0.414 e. The Morgan fingerprint density at radius 3 is 2.78 bits per heavy atom. The Labute approximate surface area is 111 Å². The maximum absolute atomic E-state index is 11.9. The first-order valence-electron chi connectivity index (χ1n) is 6.27. The first-order valence-corrected chi connectivity index (χ1v) is 7.21. The molecule has 0 unspecified atom stereocenters. The van der Waals surface area contributed by atoms with Crippen molar-refractivity contribution in [2.24, 2.45) is 0 Å². The van der Waals surface area contributed by atoms with Crippen molar-refractivity contribution in [3.05, 3.63) is 16.3 Å². The van der Waals surface area contributed by atoms with Gasteiger partial charge in [-0.25, -0.2) is 4.79 Å². The van der Waals surface area contributed by atoms with Gasteiger partial charge in [0.05, 0.1) is 12.8 Å². The molecule has 1 aromatic rings. The molecule has 98 valence electrons. The van der Waals surface area contributed by atoms with Crippen molar-refractivity contribution in [3.8, 4) is 0 Å². The van der Waals surface area contributed by atoms with Crippen LogP contribution in [0.15, 0.2) is 10.8 Å². The summed E-state index contributed by atoms with van der Waals surface area (Å²) in [5.74, 6) is 0. The summed E-state index contributed by atoms with van der Waals surface area (Å²) in [6.07, 6.45) is 2.02. The molecule has 1 spiro atoms. The second-order valence-electron chi connectivity index (χ2n) is 5.31. The van der Waals surface area contributed by atoms with Crippen LogP contribution >= 0.6 is 11.3 Å². The molecular formula is C13H18N2O2S. The molecule has 0 aliphatic carbocycles. The number of carbonyl (C=O) groups is 1. The summed E-state index contributed by atoms with van der Waals surface area (Å²) in [7, 11) is 3.61. The largest absolute Gasteiger partial charge is 0.452 e. The third kappa shape index (κ3) is 1.65. The molecule has 1 saturated heterocycles. The number of fused-ring (bicyclic) bond motifs is 2. The van der Waals surface area contributed by atoms with E-state index in [1.807, 2.05) is 0 Å². The molecule has 0 radical (unpaired) electrons. The lowest BCUT2D eigenvalue weighted by molar-refractivity contribution is 0.170. The normalized spacial score (nSPS) is 22.2. The molecule has 0 N–H and O–H groups in total. The van der Waals surface area contributed by atoms with Gasteiger partial charge in [0.25, 0.3) is 0 Å². The number of thiophene rings is 1. The number of ether oxygens (including phenoxy) is 1. The standard InChI is InChI=1S/C13H18N2O2S/c1-14-5-3-13(4-6-14)9-15(12(16)17-2)11-8-18-7-10(11)13/h7-8H,3-6,9H2,1-2H3. The highest BCUT2D eigenvalue weighted by molar-refractivity contribution is 7.08. The van der Waals surface area contributed by atoms with E-state index in [4.69, 9.17) is 4.74 Å². The zero-order valence-electron chi connectivity index (χ0n) is 10.8. The number of rotatable bonds is 0. The minimum Gasteiger partial charge on any atom is -0.452 e. The number of anilines is 1. The average molecular weight is 266 g/mol. The lowest BCUT2D eigenvalue weighted by Crippen LogP contribution is -2.44. The topological polar surface area (TPSA) is 32.8 Å². The van der Waals surface area contributed by atoms with E-state index in [1.54, 1.807) is 16.2 Å². The van der Waals surface area contributed by atoms with Crippen LogP contribution in [-0.2, 0) is 10.2 Å². The van der Waals surface area contributed by atoms with E-state index in [0.29, 0.717) is 0 Å². The molecule has 1 aromatic heterocycles. The first-order chi connectivity index (χ1) is 8.66. The van der Waals surface area contributed by atoms with Gasteiger partial charge in [-0.3, -0.25) is 4.90 Å². The highest BCUT2D eigenvalue weighted by atomic mass is 32.1. The summed E-state index contributed by atoms with van der Waals surface area (Å²) in [4.78, 5) is 16.0. The average Bonchev–Trinajstić information content (AvgIpc) is 2.96. The van der Waals surface area contributed by atoms with Gasteiger partial charge < -0.3 is 9.64 Å². The Hall–Kier alpha value is -1.07. The molecular weight excluding hydrogens is 248 g/mol. The summed E-state index contributed by atoms with van der Waals surface area (Å²) >= 11 is 1.68. The Bertz CT molecular complexity index is 463. The number of carbonyl (C=O) groups excluding carboxylic acids is 1. The van der Waals surface area contributed by atoms with Gasteiger partial charge in [0.1, 0.15) is 0 Å². The molecule has 5 heteroatoms. The Balaban J connectivity index is 1.94. The summed E-state index contributed by atoms with van der Waals surface area (Å²) < 4.78 is 4.90. The number of nitrogens with zero attached hydrogens (tertiary/aromatic N) is 2. The van der Waals surface area contributed by atoms with Crippen LogP contribution in [0.1, 0.15) is 18.4 Å². The molecule has 18 heavy (non-hydrogen) atoms. The van der Waals surface area contributed by atoms with Crippen molar-refractivity contribution in [3.63, 3.8) is 0 Å². The zero-order valence-corrected chi connectivity index (χ0v) is 11.6. The van der Waals surface area contributed by atoms with Crippen molar-refractivity contribution >= 4 is 23.1 Å². The van der Waals surface area contributed by atoms with Crippen LogP contribution in [0, 0.1) is 0 Å². The van der Waals surface area contributed by atoms with Crippen molar-refractivity contribution in [1.82, 2.24) is 4.90 Å². The fraction of sp³-hybridized carbons (Fsp3) is 0.615. The lowest BCUT2D eigenvalue weighted by Gasteiger charge is -2.38. The van der Waals surface area contributed by atoms with Crippen LogP contribution in [0.5, 0.6) is 0 Å². The number of hydrogen-bond donors (Lipinski definition) is 0. The van der Waals surface area contributed by atoms with Crippen molar-refractivity contribution < 1.29 is 9.53 Å². The number of methoxy groups -OCH3 is 1. The fourth-order valence-electron chi connectivity index (χ4n) is 3.12. The summed E-state index contributed by atoms with van der Waals surface area (Å²) in [6.45, 7) is 2.99. The van der Waals surface area contributed by atoms with Crippen molar-refractivity contribution in [2.75, 3.05) is 38.7 Å². The highest BCUT2D eigenvalue weighted by Gasteiger charge is 2.46. The molecule has 0 aromatic carbocycles. The van der Waals surface area contributed by atoms with Gasteiger partial charge in [0, 0.05) is 17.3 Å². The Morgan fingerprint density at radius 1 is 1.39 bits per heavy atom. The maximum Gasteiger partial charge on any atom is 0.414 e. The lowest BCUT2D eigenvalue weighted by atomic mass is 9.75. The molecule has 0 saturated carbocycles. The van der Waals surface area contributed by atoms with E-state index >= 15 is 0 Å². The molecule has 0 atom stereocenters. The van der Waals surface area contributed by atoms with Gasteiger partial charge in [0.15, 0.2) is 0 Å². The van der Waals surface area contributed by atoms with Gasteiger partial charge in [-0.15, -0.1) is 11.3 Å². The molecule has 3 rings (SSSR count). The summed E-state index contributed by atoms with van der Waals surface area (Å²) in [5, 5.41) is 4.28. The third-order valence-corrected chi connectivity index (χ3v) is 5.03. The molecule has 2 aliphatic heterocycles. The maximum atomic E-state index is 11.9. The van der Waals surface area contributed by atoms with E-state index < -0.39 is 0 Å². The number of piperidine rings is 1. The second kappa shape index (κ2) is 4.24. The quantitative estimate of drug-likeness (QED) is 0.722. The summed E-state index contributed by atoms with van der Waals surface area (Å²) in [6, 6.07) is 0. The van der Waals surface area contributed by atoms with Crippen molar-refractivity contribution in [1.29, 1.82) is 0 Å². The molecule has 0 bridgehead atoms. The van der Waals surface area contributed by atoms with Gasteiger partial charge in [-0.2, -0.15) is 0 Å². The van der Waals surface area contributed by atoms with Crippen LogP contribution in [0.2, 0.25) is 0 Å². The molecule has 4 nitrogen and oxygen atoms in total. The van der Waals surface area contributed by atoms with E-state index in [9.17, 15) is 4.79 Å². The van der Waals surface area contributed by atoms with Gasteiger partial charge in [0.2, 0.25) is 0 Å². The van der Waals surface area contributed by atoms with Crippen LogP contribution < -0.4 is 4.90 Å². The minimum atomic E-state index is -0.231.